The summed E-state index contributed by atoms with van der Waals surface area (Å²) in [6.07, 6.45) is 5.27. The number of carbonyl (C=O) groups excluding carboxylic acids is 1. The number of hydrogen-bond acceptors (Lipinski definition) is 4. The molecular weight excluding hydrogens is 340 g/mol. The highest BCUT2D eigenvalue weighted by Gasteiger charge is 2.28. The van der Waals surface area contributed by atoms with Gasteiger partial charge in [-0.3, -0.25) is 4.79 Å². The van der Waals surface area contributed by atoms with Gasteiger partial charge in [0.25, 0.3) is 0 Å². The summed E-state index contributed by atoms with van der Waals surface area (Å²) in [5.74, 6) is 1.28. The van der Waals surface area contributed by atoms with Gasteiger partial charge >= 0.3 is 0 Å². The van der Waals surface area contributed by atoms with Gasteiger partial charge in [0, 0.05) is 12.3 Å². The molecule has 0 bridgehead atoms. The van der Waals surface area contributed by atoms with Crippen LogP contribution in [0.15, 0.2) is 53.6 Å². The summed E-state index contributed by atoms with van der Waals surface area (Å²) >= 11 is 0. The third-order valence-electron chi connectivity index (χ3n) is 5.28. The molecule has 1 aliphatic carbocycles. The first-order valence-electron chi connectivity index (χ1n) is 9.51. The number of methoxy groups -OCH3 is 1. The van der Waals surface area contributed by atoms with Crippen LogP contribution < -0.4 is 14.9 Å². The van der Waals surface area contributed by atoms with E-state index in [0.717, 1.165) is 35.4 Å². The fraction of sp³-hybridized carbons (Fsp3) is 0.364. The van der Waals surface area contributed by atoms with E-state index in [1.165, 1.54) is 12.8 Å². The Morgan fingerprint density at radius 3 is 2.56 bits per heavy atom. The first kappa shape index (κ1) is 17.6. The smallest absolute Gasteiger partial charge is 0.241 e. The van der Waals surface area contributed by atoms with Gasteiger partial charge in [-0.1, -0.05) is 36.4 Å². The molecule has 0 aromatic heterocycles. The molecule has 1 amide bonds. The fourth-order valence-electron chi connectivity index (χ4n) is 3.86. The summed E-state index contributed by atoms with van der Waals surface area (Å²) in [5.41, 5.74) is 5.48. The van der Waals surface area contributed by atoms with E-state index in [2.05, 4.69) is 10.5 Å². The first-order valence-corrected chi connectivity index (χ1v) is 9.51. The zero-order valence-corrected chi connectivity index (χ0v) is 15.5. The third kappa shape index (κ3) is 3.82. The van der Waals surface area contributed by atoms with Gasteiger partial charge in [-0.15, -0.1) is 0 Å². The average molecular weight is 364 g/mol. The number of carbonyl (C=O) groups is 1. The SMILES string of the molecule is COc1cc(C2CC(=O)NN=C2c2ccccc2)ccc1OC1CCCC1. The van der Waals surface area contributed by atoms with Crippen molar-refractivity contribution in [1.29, 1.82) is 0 Å². The van der Waals surface area contributed by atoms with Crippen LogP contribution in [-0.4, -0.2) is 24.8 Å². The highest BCUT2D eigenvalue weighted by atomic mass is 16.5. The number of benzene rings is 2. The number of nitrogens with one attached hydrogen (secondary N) is 1. The zero-order chi connectivity index (χ0) is 18.6. The Morgan fingerprint density at radius 2 is 1.81 bits per heavy atom. The predicted octanol–water partition coefficient (Wildman–Crippen LogP) is 4.02. The van der Waals surface area contributed by atoms with Crippen molar-refractivity contribution in [2.45, 2.75) is 44.1 Å². The number of nitrogens with zero attached hydrogens (tertiary/aromatic N) is 1. The molecule has 1 unspecified atom stereocenters. The topological polar surface area (TPSA) is 59.9 Å². The molecular formula is C22H24N2O3. The second-order valence-electron chi connectivity index (χ2n) is 7.09. The lowest BCUT2D eigenvalue weighted by Crippen LogP contribution is -2.32. The molecule has 1 fully saturated rings. The number of amides is 1. The van der Waals surface area contributed by atoms with Crippen molar-refractivity contribution >= 4 is 11.6 Å². The van der Waals surface area contributed by atoms with Gasteiger partial charge in [0.15, 0.2) is 11.5 Å². The monoisotopic (exact) mass is 364 g/mol. The van der Waals surface area contributed by atoms with E-state index in [1.54, 1.807) is 7.11 Å². The molecule has 1 atom stereocenters. The average Bonchev–Trinajstić information content (AvgIpc) is 3.22. The standard InChI is InChI=1S/C22H24N2O3/c1-26-20-13-16(11-12-19(20)27-17-9-5-6-10-17)18-14-21(25)23-24-22(18)15-7-3-2-4-8-15/h2-4,7-8,11-13,17-18H,5-6,9-10,14H2,1H3,(H,23,25). The minimum absolute atomic E-state index is 0.0788. The molecule has 1 heterocycles. The maximum absolute atomic E-state index is 12.0. The molecule has 27 heavy (non-hydrogen) atoms. The van der Waals surface area contributed by atoms with E-state index in [9.17, 15) is 4.79 Å². The number of rotatable bonds is 5. The van der Waals surface area contributed by atoms with Crippen LogP contribution in [0, 0.1) is 0 Å². The lowest BCUT2D eigenvalue weighted by molar-refractivity contribution is -0.121. The van der Waals surface area contributed by atoms with E-state index in [4.69, 9.17) is 9.47 Å². The minimum Gasteiger partial charge on any atom is -0.493 e. The molecule has 0 spiro atoms. The summed E-state index contributed by atoms with van der Waals surface area (Å²) in [6.45, 7) is 0. The van der Waals surface area contributed by atoms with Crippen LogP contribution in [0.1, 0.15) is 49.1 Å². The summed E-state index contributed by atoms with van der Waals surface area (Å²) in [5, 5.41) is 4.34. The van der Waals surface area contributed by atoms with Gasteiger partial charge in [0.2, 0.25) is 5.91 Å². The molecule has 1 aliphatic heterocycles. The quantitative estimate of drug-likeness (QED) is 0.871. The molecule has 140 valence electrons. The van der Waals surface area contributed by atoms with Crippen molar-refractivity contribution in [2.75, 3.05) is 7.11 Å². The summed E-state index contributed by atoms with van der Waals surface area (Å²) in [6, 6.07) is 15.9. The van der Waals surface area contributed by atoms with E-state index in [1.807, 2.05) is 48.5 Å². The Hall–Kier alpha value is -2.82. The minimum atomic E-state index is -0.115. The maximum Gasteiger partial charge on any atom is 0.241 e. The molecule has 1 N–H and O–H groups in total. The van der Waals surface area contributed by atoms with Crippen LogP contribution in [0.3, 0.4) is 0 Å². The van der Waals surface area contributed by atoms with Gasteiger partial charge in [0.05, 0.1) is 18.9 Å². The second kappa shape index (κ2) is 7.82. The first-order chi connectivity index (χ1) is 13.2. The highest BCUT2D eigenvalue weighted by Crippen LogP contribution is 2.36. The van der Waals surface area contributed by atoms with Crippen LogP contribution in [0.5, 0.6) is 11.5 Å². The number of ether oxygens (including phenoxy) is 2. The molecule has 2 aliphatic rings. The van der Waals surface area contributed by atoms with Gasteiger partial charge in [-0.25, -0.2) is 5.43 Å². The van der Waals surface area contributed by atoms with Gasteiger partial charge in [-0.2, -0.15) is 5.10 Å². The fourth-order valence-corrected chi connectivity index (χ4v) is 3.86. The Bertz CT molecular complexity index is 842. The number of hydrogen-bond donors (Lipinski definition) is 1. The summed E-state index contributed by atoms with van der Waals surface area (Å²) in [7, 11) is 1.65. The van der Waals surface area contributed by atoms with Crippen molar-refractivity contribution in [1.82, 2.24) is 5.43 Å². The second-order valence-corrected chi connectivity index (χ2v) is 7.09. The van der Waals surface area contributed by atoms with E-state index < -0.39 is 0 Å². The molecule has 0 saturated heterocycles. The van der Waals surface area contributed by atoms with Crippen molar-refractivity contribution < 1.29 is 14.3 Å². The lowest BCUT2D eigenvalue weighted by Gasteiger charge is -2.24. The van der Waals surface area contributed by atoms with E-state index in [0.29, 0.717) is 12.2 Å². The maximum atomic E-state index is 12.0. The van der Waals surface area contributed by atoms with Crippen molar-refractivity contribution in [3.63, 3.8) is 0 Å². The van der Waals surface area contributed by atoms with E-state index in [-0.39, 0.29) is 17.9 Å². The van der Waals surface area contributed by atoms with Crippen molar-refractivity contribution in [3.8, 4) is 11.5 Å². The van der Waals surface area contributed by atoms with Crippen LogP contribution in [-0.2, 0) is 4.79 Å². The molecule has 0 radical (unpaired) electrons. The Labute approximate surface area is 159 Å². The molecule has 2 aromatic rings. The predicted molar refractivity (Wildman–Crippen MR) is 104 cm³/mol. The van der Waals surface area contributed by atoms with Crippen molar-refractivity contribution in [3.05, 3.63) is 59.7 Å². The van der Waals surface area contributed by atoms with Gasteiger partial charge < -0.3 is 9.47 Å². The molecule has 4 rings (SSSR count). The Kier molecular flexibility index (Phi) is 5.10. The van der Waals surface area contributed by atoms with E-state index >= 15 is 0 Å². The Balaban J connectivity index is 1.65. The largest absolute Gasteiger partial charge is 0.493 e. The van der Waals surface area contributed by atoms with Crippen LogP contribution >= 0.6 is 0 Å². The third-order valence-corrected chi connectivity index (χ3v) is 5.28. The molecule has 5 heteroatoms. The normalized spacial score (nSPS) is 20.1. The van der Waals surface area contributed by atoms with Crippen LogP contribution in [0.4, 0.5) is 0 Å². The molecule has 1 saturated carbocycles. The molecule has 5 nitrogen and oxygen atoms in total. The summed E-state index contributed by atoms with van der Waals surface area (Å²) < 4.78 is 11.7. The Morgan fingerprint density at radius 1 is 1.04 bits per heavy atom. The highest BCUT2D eigenvalue weighted by molar-refractivity contribution is 6.08. The van der Waals surface area contributed by atoms with Crippen LogP contribution in [0.25, 0.3) is 0 Å². The summed E-state index contributed by atoms with van der Waals surface area (Å²) in [4.78, 5) is 12.0. The van der Waals surface area contributed by atoms with Crippen LogP contribution in [0.2, 0.25) is 0 Å². The lowest BCUT2D eigenvalue weighted by atomic mass is 9.86. The van der Waals surface area contributed by atoms with Gasteiger partial charge in [-0.05, 0) is 48.9 Å². The molecule has 2 aromatic carbocycles. The number of hydrazone groups is 1. The zero-order valence-electron chi connectivity index (χ0n) is 15.5. The van der Waals surface area contributed by atoms with Crippen molar-refractivity contribution in [2.24, 2.45) is 5.10 Å². The van der Waals surface area contributed by atoms with Gasteiger partial charge in [0.1, 0.15) is 0 Å².